The predicted octanol–water partition coefficient (Wildman–Crippen LogP) is 6.85. The highest BCUT2D eigenvalue weighted by Gasteiger charge is 2.33. The Morgan fingerprint density at radius 2 is 1.57 bits per heavy atom. The average Bonchev–Trinajstić information content (AvgIpc) is 2.50. The zero-order valence-corrected chi connectivity index (χ0v) is 15.8. The van der Waals surface area contributed by atoms with E-state index in [1.807, 2.05) is 0 Å². The Kier molecular flexibility index (Phi) is 10.4. The molecule has 0 aliphatic heterocycles. The van der Waals surface area contributed by atoms with Crippen molar-refractivity contribution in [2.24, 2.45) is 0 Å². The van der Waals surface area contributed by atoms with Crippen molar-refractivity contribution < 1.29 is 4.43 Å². The summed E-state index contributed by atoms with van der Waals surface area (Å²) in [5.74, 6) is 0. The van der Waals surface area contributed by atoms with Crippen molar-refractivity contribution in [3.05, 3.63) is 12.2 Å². The van der Waals surface area contributed by atoms with Gasteiger partial charge in [0.2, 0.25) is 0 Å². The van der Waals surface area contributed by atoms with Crippen molar-refractivity contribution in [3.63, 3.8) is 0 Å². The summed E-state index contributed by atoms with van der Waals surface area (Å²) in [6.07, 6.45) is 21.3. The molecular formula is C19H38OSi. The van der Waals surface area contributed by atoms with Gasteiger partial charge in [0.25, 0.3) is 0 Å². The molecular weight excluding hydrogens is 272 g/mol. The lowest BCUT2D eigenvalue weighted by Gasteiger charge is -2.34. The van der Waals surface area contributed by atoms with Gasteiger partial charge in [-0.15, -0.1) is 0 Å². The molecule has 21 heavy (non-hydrogen) atoms. The molecule has 0 atom stereocenters. The second-order valence-electron chi connectivity index (χ2n) is 7.28. The van der Waals surface area contributed by atoms with Gasteiger partial charge in [-0.05, 0) is 31.5 Å². The third kappa shape index (κ3) is 8.82. The topological polar surface area (TPSA) is 9.23 Å². The lowest BCUT2D eigenvalue weighted by molar-refractivity contribution is 0.324. The van der Waals surface area contributed by atoms with Crippen LogP contribution < -0.4 is 0 Å². The van der Waals surface area contributed by atoms with Gasteiger partial charge in [-0.25, -0.2) is 0 Å². The first-order valence-electron chi connectivity index (χ1n) is 9.45. The highest BCUT2D eigenvalue weighted by atomic mass is 28.4. The first-order valence-corrected chi connectivity index (χ1v) is 12.4. The molecule has 0 unspecified atom stereocenters. The zero-order chi connectivity index (χ0) is 15.4. The molecule has 0 aromatic heterocycles. The molecule has 1 aliphatic carbocycles. The molecule has 1 nitrogen and oxygen atoms in total. The van der Waals surface area contributed by atoms with Gasteiger partial charge in [0.15, 0.2) is 8.32 Å². The highest BCUT2D eigenvalue weighted by molar-refractivity contribution is 6.72. The summed E-state index contributed by atoms with van der Waals surface area (Å²) in [4.78, 5) is 0. The van der Waals surface area contributed by atoms with Crippen LogP contribution in [-0.4, -0.2) is 14.9 Å². The van der Waals surface area contributed by atoms with Crippen LogP contribution in [0.15, 0.2) is 12.2 Å². The van der Waals surface area contributed by atoms with Gasteiger partial charge in [-0.2, -0.15) is 0 Å². The van der Waals surface area contributed by atoms with Crippen molar-refractivity contribution in [1.29, 1.82) is 0 Å². The summed E-state index contributed by atoms with van der Waals surface area (Å²) in [6.45, 7) is 7.97. The first kappa shape index (κ1) is 19.0. The minimum absolute atomic E-state index is 0.853. The van der Waals surface area contributed by atoms with Crippen LogP contribution >= 0.6 is 0 Å². The van der Waals surface area contributed by atoms with Crippen LogP contribution in [-0.2, 0) is 4.43 Å². The minimum atomic E-state index is -1.44. The van der Waals surface area contributed by atoms with E-state index in [-0.39, 0.29) is 0 Å². The molecule has 0 saturated heterocycles. The van der Waals surface area contributed by atoms with Crippen LogP contribution in [0.5, 0.6) is 0 Å². The van der Waals surface area contributed by atoms with Crippen LogP contribution in [0.3, 0.4) is 0 Å². The van der Waals surface area contributed by atoms with E-state index < -0.39 is 8.32 Å². The van der Waals surface area contributed by atoms with Crippen LogP contribution in [0.2, 0.25) is 18.6 Å². The van der Waals surface area contributed by atoms with Gasteiger partial charge >= 0.3 is 0 Å². The molecule has 1 aliphatic rings. The van der Waals surface area contributed by atoms with Crippen molar-refractivity contribution in [2.75, 3.05) is 6.61 Å². The van der Waals surface area contributed by atoms with Gasteiger partial charge in [0.1, 0.15) is 0 Å². The molecule has 0 aromatic rings. The zero-order valence-electron chi connectivity index (χ0n) is 14.8. The second-order valence-corrected chi connectivity index (χ2v) is 11.6. The molecule has 0 N–H and O–H groups in total. The third-order valence-corrected chi connectivity index (χ3v) is 8.49. The van der Waals surface area contributed by atoms with Gasteiger partial charge in [0, 0.05) is 0 Å². The molecule has 0 bridgehead atoms. The van der Waals surface area contributed by atoms with Gasteiger partial charge in [0.05, 0.1) is 6.61 Å². The van der Waals surface area contributed by atoms with Crippen LogP contribution in [0, 0.1) is 0 Å². The van der Waals surface area contributed by atoms with Gasteiger partial charge in [-0.3, -0.25) is 0 Å². The molecule has 0 heterocycles. The van der Waals surface area contributed by atoms with E-state index in [1.54, 1.807) is 0 Å². The van der Waals surface area contributed by atoms with Crippen LogP contribution in [0.1, 0.15) is 84.0 Å². The Morgan fingerprint density at radius 1 is 0.905 bits per heavy atom. The quantitative estimate of drug-likeness (QED) is 0.230. The monoisotopic (exact) mass is 310 g/mol. The summed E-state index contributed by atoms with van der Waals surface area (Å²) >= 11 is 0. The number of allylic oxidation sites excluding steroid dienone is 1. The van der Waals surface area contributed by atoms with Crippen molar-refractivity contribution in [2.45, 2.75) is 103 Å². The normalized spacial score (nSPS) is 17.7. The van der Waals surface area contributed by atoms with Gasteiger partial charge in [-0.1, -0.05) is 83.3 Å². The lowest BCUT2D eigenvalue weighted by Crippen LogP contribution is -2.37. The SMILES string of the molecule is CCCCCCCC/C=C/CO[Si](C)(C)C1CCCCC1. The molecule has 0 radical (unpaired) electrons. The number of hydrogen-bond donors (Lipinski definition) is 0. The molecule has 1 saturated carbocycles. The smallest absolute Gasteiger partial charge is 0.190 e. The Balaban J connectivity index is 2.02. The van der Waals surface area contributed by atoms with Crippen molar-refractivity contribution >= 4 is 8.32 Å². The van der Waals surface area contributed by atoms with E-state index in [1.165, 1.54) is 77.0 Å². The summed E-state index contributed by atoms with van der Waals surface area (Å²) in [7, 11) is -1.44. The Bertz CT molecular complexity index is 267. The van der Waals surface area contributed by atoms with Crippen molar-refractivity contribution in [1.82, 2.24) is 0 Å². The van der Waals surface area contributed by atoms with Crippen LogP contribution in [0.4, 0.5) is 0 Å². The summed E-state index contributed by atoms with van der Waals surface area (Å²) < 4.78 is 6.28. The number of hydrogen-bond acceptors (Lipinski definition) is 1. The molecule has 124 valence electrons. The maximum Gasteiger partial charge on any atom is 0.190 e. The molecule has 0 aromatic carbocycles. The second kappa shape index (κ2) is 11.5. The largest absolute Gasteiger partial charge is 0.413 e. The fraction of sp³-hybridized carbons (Fsp3) is 0.895. The fourth-order valence-corrected chi connectivity index (χ4v) is 5.97. The molecule has 2 heteroatoms. The molecule has 1 fully saturated rings. The van der Waals surface area contributed by atoms with E-state index >= 15 is 0 Å². The lowest BCUT2D eigenvalue weighted by atomic mass is 10.0. The maximum atomic E-state index is 6.28. The third-order valence-electron chi connectivity index (χ3n) is 5.03. The van der Waals surface area contributed by atoms with E-state index in [4.69, 9.17) is 4.43 Å². The number of unbranched alkanes of at least 4 members (excludes halogenated alkanes) is 6. The highest BCUT2D eigenvalue weighted by Crippen LogP contribution is 2.37. The van der Waals surface area contributed by atoms with Crippen LogP contribution in [0.25, 0.3) is 0 Å². The Hall–Kier alpha value is -0.0831. The number of rotatable bonds is 11. The minimum Gasteiger partial charge on any atom is -0.413 e. The molecule has 0 amide bonds. The van der Waals surface area contributed by atoms with E-state index in [0.717, 1.165) is 12.1 Å². The van der Waals surface area contributed by atoms with E-state index in [2.05, 4.69) is 32.2 Å². The Labute approximate surface area is 134 Å². The maximum absolute atomic E-state index is 6.28. The average molecular weight is 311 g/mol. The van der Waals surface area contributed by atoms with Gasteiger partial charge < -0.3 is 4.43 Å². The fourth-order valence-electron chi connectivity index (χ4n) is 3.41. The Morgan fingerprint density at radius 3 is 2.29 bits per heavy atom. The summed E-state index contributed by atoms with van der Waals surface area (Å²) in [5.41, 5.74) is 0.901. The molecule has 1 rings (SSSR count). The standard InChI is InChI=1S/C19H38OSi/c1-4-5-6-7-8-9-10-11-15-18-20-21(2,3)19-16-13-12-14-17-19/h11,15,19H,4-10,12-14,16-18H2,1-3H3/b15-11+. The molecule has 0 spiro atoms. The van der Waals surface area contributed by atoms with E-state index in [0.29, 0.717) is 0 Å². The van der Waals surface area contributed by atoms with Crippen molar-refractivity contribution in [3.8, 4) is 0 Å². The summed E-state index contributed by atoms with van der Waals surface area (Å²) in [5, 5.41) is 0. The summed E-state index contributed by atoms with van der Waals surface area (Å²) in [6, 6.07) is 0. The first-order chi connectivity index (χ1) is 10.2. The predicted molar refractivity (Wildman–Crippen MR) is 97.4 cm³/mol. The van der Waals surface area contributed by atoms with E-state index in [9.17, 15) is 0 Å².